The molecule has 5 saturated carbocycles. The Morgan fingerprint density at radius 2 is 1.50 bits per heavy atom. The maximum atomic E-state index is 13.6. The molecule has 0 saturated heterocycles. The highest BCUT2D eigenvalue weighted by molar-refractivity contribution is 5.88. The first kappa shape index (κ1) is 21.9. The van der Waals surface area contributed by atoms with E-state index >= 15 is 0 Å². The van der Waals surface area contributed by atoms with E-state index in [0.717, 1.165) is 32.1 Å². The van der Waals surface area contributed by atoms with Crippen molar-refractivity contribution >= 4 is 11.9 Å². The lowest BCUT2D eigenvalue weighted by Gasteiger charge is -2.55. The smallest absolute Gasteiger partial charge is 0.313 e. The molecule has 32 heavy (non-hydrogen) atoms. The Balaban J connectivity index is 1.31. The predicted molar refractivity (Wildman–Crippen MR) is 123 cm³/mol. The van der Waals surface area contributed by atoms with Crippen LogP contribution in [0.3, 0.4) is 0 Å². The summed E-state index contributed by atoms with van der Waals surface area (Å²) in [6.45, 7) is 0. The van der Waals surface area contributed by atoms with Crippen LogP contribution in [0.25, 0.3) is 0 Å². The molecule has 4 bridgehead atoms. The molecule has 0 spiro atoms. The van der Waals surface area contributed by atoms with Gasteiger partial charge >= 0.3 is 5.97 Å². The fraction of sp³-hybridized carbons (Fsp3) is 0.704. The van der Waals surface area contributed by atoms with Crippen LogP contribution in [0.1, 0.15) is 75.8 Å². The Morgan fingerprint density at radius 3 is 1.97 bits per heavy atom. The zero-order chi connectivity index (χ0) is 22.5. The molecule has 1 atom stereocenters. The average Bonchev–Trinajstić information content (AvgIpc) is 2.74. The van der Waals surface area contributed by atoms with Crippen molar-refractivity contribution in [3.8, 4) is 0 Å². The number of carbonyl (C=O) groups excluding carboxylic acids is 2. The summed E-state index contributed by atoms with van der Waals surface area (Å²) < 4.78 is 6.19. The highest BCUT2D eigenvalue weighted by Gasteiger charge is 2.57. The maximum absolute atomic E-state index is 13.6. The number of primary amides is 1. The third-order valence-electron chi connectivity index (χ3n) is 9.19. The molecule has 1 aromatic rings. The van der Waals surface area contributed by atoms with Crippen molar-refractivity contribution in [3.63, 3.8) is 0 Å². The van der Waals surface area contributed by atoms with Crippen LogP contribution >= 0.6 is 0 Å². The van der Waals surface area contributed by atoms with E-state index in [2.05, 4.69) is 43.3 Å². The second-order valence-corrected chi connectivity index (χ2v) is 11.6. The van der Waals surface area contributed by atoms with Crippen molar-refractivity contribution in [1.29, 1.82) is 0 Å². The van der Waals surface area contributed by atoms with Crippen LogP contribution in [-0.4, -0.2) is 36.5 Å². The number of nitrogens with two attached hydrogens (primary N) is 1. The Bertz CT molecular complexity index is 822. The largest absolute Gasteiger partial charge is 0.449 e. The number of rotatable bonds is 6. The van der Waals surface area contributed by atoms with Gasteiger partial charge in [0.1, 0.15) is 0 Å². The van der Waals surface area contributed by atoms with Gasteiger partial charge in [-0.05, 0) is 108 Å². The summed E-state index contributed by atoms with van der Waals surface area (Å²) in [6, 6.07) is 10.8. The van der Waals surface area contributed by atoms with Crippen LogP contribution in [0.15, 0.2) is 30.3 Å². The number of hydrogen-bond acceptors (Lipinski definition) is 4. The number of amides is 1. The van der Waals surface area contributed by atoms with Crippen LogP contribution in [0.5, 0.6) is 0 Å². The Labute approximate surface area is 192 Å². The summed E-state index contributed by atoms with van der Waals surface area (Å²) in [5.41, 5.74) is 5.71. The van der Waals surface area contributed by atoms with E-state index in [1.807, 2.05) is 6.07 Å². The van der Waals surface area contributed by atoms with Gasteiger partial charge in [0, 0.05) is 6.04 Å². The van der Waals surface area contributed by atoms with E-state index in [1.165, 1.54) is 24.8 Å². The summed E-state index contributed by atoms with van der Waals surface area (Å²) in [6.07, 6.45) is 9.40. The van der Waals surface area contributed by atoms with Crippen LogP contribution in [0, 0.1) is 29.1 Å². The second-order valence-electron chi connectivity index (χ2n) is 11.6. The molecule has 5 nitrogen and oxygen atoms in total. The first-order chi connectivity index (χ1) is 15.3. The molecule has 0 aromatic heterocycles. The van der Waals surface area contributed by atoms with Gasteiger partial charge in [-0.3, -0.25) is 9.59 Å². The van der Waals surface area contributed by atoms with Gasteiger partial charge < -0.3 is 15.4 Å². The number of hydrogen-bond donors (Lipinski definition) is 1. The van der Waals surface area contributed by atoms with Crippen molar-refractivity contribution in [2.24, 2.45) is 34.8 Å². The lowest BCUT2D eigenvalue weighted by Crippen LogP contribution is -2.56. The maximum Gasteiger partial charge on any atom is 0.313 e. The molecule has 0 aliphatic heterocycles. The summed E-state index contributed by atoms with van der Waals surface area (Å²) in [4.78, 5) is 28.5. The summed E-state index contributed by atoms with van der Waals surface area (Å²) >= 11 is 0. The zero-order valence-corrected chi connectivity index (χ0v) is 19.6. The van der Waals surface area contributed by atoms with Crippen molar-refractivity contribution < 1.29 is 14.3 Å². The van der Waals surface area contributed by atoms with E-state index in [0.29, 0.717) is 36.5 Å². The number of benzene rings is 1. The monoisotopic (exact) mass is 438 g/mol. The van der Waals surface area contributed by atoms with E-state index in [1.54, 1.807) is 0 Å². The van der Waals surface area contributed by atoms with Crippen molar-refractivity contribution in [2.75, 3.05) is 14.1 Å². The van der Waals surface area contributed by atoms with Crippen molar-refractivity contribution in [2.45, 2.75) is 75.9 Å². The Kier molecular flexibility index (Phi) is 5.59. The second kappa shape index (κ2) is 8.16. The lowest BCUT2D eigenvalue weighted by molar-refractivity contribution is -0.194. The summed E-state index contributed by atoms with van der Waals surface area (Å²) in [5.74, 6) is 1.82. The molecule has 2 N–H and O–H groups in total. The van der Waals surface area contributed by atoms with Crippen LogP contribution in [0.2, 0.25) is 0 Å². The third kappa shape index (κ3) is 3.76. The van der Waals surface area contributed by atoms with E-state index in [-0.39, 0.29) is 17.4 Å². The number of esters is 1. The number of carbonyl (C=O) groups is 2. The molecular formula is C27H38N2O3. The molecule has 6 rings (SSSR count). The average molecular weight is 439 g/mol. The van der Waals surface area contributed by atoms with Crippen LogP contribution < -0.4 is 5.73 Å². The van der Waals surface area contributed by atoms with Gasteiger partial charge in [-0.15, -0.1) is 0 Å². The normalized spacial score (nSPS) is 39.1. The minimum Gasteiger partial charge on any atom is -0.449 e. The highest BCUT2D eigenvalue weighted by Crippen LogP contribution is 2.61. The summed E-state index contributed by atoms with van der Waals surface area (Å²) in [5, 5.41) is 0. The van der Waals surface area contributed by atoms with E-state index < -0.39 is 11.5 Å². The highest BCUT2D eigenvalue weighted by atomic mass is 16.6. The molecule has 1 unspecified atom stereocenters. The third-order valence-corrected chi connectivity index (χ3v) is 9.19. The fourth-order valence-corrected chi connectivity index (χ4v) is 8.11. The van der Waals surface area contributed by atoms with Gasteiger partial charge in [0.05, 0.1) is 5.41 Å². The molecule has 174 valence electrons. The van der Waals surface area contributed by atoms with Gasteiger partial charge in [0.15, 0.2) is 5.60 Å². The van der Waals surface area contributed by atoms with Gasteiger partial charge in [0.25, 0.3) is 5.91 Å². The van der Waals surface area contributed by atoms with Gasteiger partial charge in [-0.2, -0.15) is 0 Å². The molecule has 5 aliphatic carbocycles. The van der Waals surface area contributed by atoms with Gasteiger partial charge in [-0.1, -0.05) is 30.3 Å². The molecule has 1 amide bonds. The van der Waals surface area contributed by atoms with Crippen molar-refractivity contribution in [1.82, 2.24) is 4.90 Å². The molecule has 5 heteroatoms. The van der Waals surface area contributed by atoms with E-state index in [9.17, 15) is 9.59 Å². The molecule has 0 heterocycles. The van der Waals surface area contributed by atoms with Gasteiger partial charge in [0.2, 0.25) is 0 Å². The van der Waals surface area contributed by atoms with E-state index in [4.69, 9.17) is 10.5 Å². The minimum absolute atomic E-state index is 0.124. The molecule has 0 radical (unpaired) electrons. The lowest BCUT2D eigenvalue weighted by atomic mass is 9.49. The van der Waals surface area contributed by atoms with Crippen LogP contribution in [0.4, 0.5) is 0 Å². The molecule has 5 aliphatic rings. The fourth-order valence-electron chi connectivity index (χ4n) is 8.11. The Hall–Kier alpha value is -1.88. The summed E-state index contributed by atoms with van der Waals surface area (Å²) in [7, 11) is 4.22. The molecule has 5 fully saturated rings. The zero-order valence-electron chi connectivity index (χ0n) is 19.6. The Morgan fingerprint density at radius 1 is 0.969 bits per heavy atom. The number of ether oxygens (including phenoxy) is 1. The standard InChI is InChI=1S/C27H38N2O3/c1-29(2)23(21-6-4-3-5-7-21)22-8-10-27(11-9-22,24(28)30)32-25(31)26-15-18-12-19(16-26)14-20(13-18)17-26/h3-7,18-20,22-23H,8-17H2,1-2H3,(H2,28,30). The SMILES string of the molecule is CN(C)C(c1ccccc1)C1CCC(OC(=O)C23CC4CC(CC(C4)C2)C3)(C(N)=O)CC1. The first-order valence-corrected chi connectivity index (χ1v) is 12.5. The predicted octanol–water partition coefficient (Wildman–Crippen LogP) is 4.46. The number of nitrogens with zero attached hydrogens (tertiary/aromatic N) is 1. The first-order valence-electron chi connectivity index (χ1n) is 12.5. The molecular weight excluding hydrogens is 400 g/mol. The quantitative estimate of drug-likeness (QED) is 0.666. The minimum atomic E-state index is -1.13. The molecule has 1 aromatic carbocycles. The topological polar surface area (TPSA) is 72.6 Å². The van der Waals surface area contributed by atoms with Crippen molar-refractivity contribution in [3.05, 3.63) is 35.9 Å². The van der Waals surface area contributed by atoms with Gasteiger partial charge in [-0.25, -0.2) is 0 Å². The van der Waals surface area contributed by atoms with Crippen LogP contribution in [-0.2, 0) is 14.3 Å².